The molecule has 4 atom stereocenters. The van der Waals surface area contributed by atoms with Gasteiger partial charge in [0.05, 0.1) is 0 Å². The summed E-state index contributed by atoms with van der Waals surface area (Å²) in [6, 6.07) is 9.50. The van der Waals surface area contributed by atoms with Crippen LogP contribution < -0.4 is 5.32 Å². The van der Waals surface area contributed by atoms with Crippen molar-refractivity contribution in [2.24, 2.45) is 22.7 Å². The minimum Gasteiger partial charge on any atom is -0.445 e. The van der Waals surface area contributed by atoms with Gasteiger partial charge in [0.15, 0.2) is 14.1 Å². The summed E-state index contributed by atoms with van der Waals surface area (Å²) in [7, 11) is -2.01. The average Bonchev–Trinajstić information content (AvgIpc) is 3.15. The third kappa shape index (κ3) is 5.85. The molecule has 6 heteroatoms. The Morgan fingerprint density at radius 2 is 1.70 bits per heavy atom. The van der Waals surface area contributed by atoms with E-state index in [1.165, 1.54) is 38.5 Å². The molecule has 0 aromatic heterocycles. The summed E-state index contributed by atoms with van der Waals surface area (Å²) in [5, 5.41) is 3.12. The molecular formula is C31H49NO4Si. The maximum atomic E-state index is 14.4. The summed E-state index contributed by atoms with van der Waals surface area (Å²) in [6.07, 6.45) is 9.84. The molecule has 2 bridgehead atoms. The van der Waals surface area contributed by atoms with Crippen LogP contribution in [0.1, 0.15) is 90.5 Å². The van der Waals surface area contributed by atoms with Crippen molar-refractivity contribution in [3.05, 3.63) is 35.9 Å². The van der Waals surface area contributed by atoms with Crippen LogP contribution in [-0.2, 0) is 20.6 Å². The summed E-state index contributed by atoms with van der Waals surface area (Å²) in [5.74, 6) is 1.23. The van der Waals surface area contributed by atoms with Gasteiger partial charge in [-0.2, -0.15) is 0 Å². The first kappa shape index (κ1) is 28.3. The molecule has 37 heavy (non-hydrogen) atoms. The second-order valence-corrected chi connectivity index (χ2v) is 18.2. The van der Waals surface area contributed by atoms with E-state index in [4.69, 9.17) is 9.16 Å². The molecule has 5 nitrogen and oxygen atoms in total. The zero-order valence-electron chi connectivity index (χ0n) is 24.0. The maximum Gasteiger partial charge on any atom is 0.407 e. The van der Waals surface area contributed by atoms with E-state index in [0.717, 1.165) is 24.8 Å². The summed E-state index contributed by atoms with van der Waals surface area (Å²) in [4.78, 5) is 27.4. The zero-order chi connectivity index (χ0) is 26.9. The van der Waals surface area contributed by atoms with Gasteiger partial charge in [-0.3, -0.25) is 4.79 Å². The van der Waals surface area contributed by atoms with Crippen LogP contribution in [0, 0.1) is 22.7 Å². The number of ketones is 1. The van der Waals surface area contributed by atoms with Crippen LogP contribution >= 0.6 is 0 Å². The Labute approximate surface area is 225 Å². The first-order valence-electron chi connectivity index (χ1n) is 14.6. The molecule has 0 spiro atoms. The van der Waals surface area contributed by atoms with Gasteiger partial charge in [0.1, 0.15) is 12.2 Å². The van der Waals surface area contributed by atoms with Crippen molar-refractivity contribution in [1.82, 2.24) is 5.32 Å². The van der Waals surface area contributed by atoms with E-state index in [9.17, 15) is 9.59 Å². The number of hydrogen-bond donors (Lipinski definition) is 1. The first-order valence-corrected chi connectivity index (χ1v) is 18.0. The molecule has 3 aliphatic carbocycles. The highest BCUT2D eigenvalue weighted by atomic mass is 28.4. The SMILES string of the molecule is CC1(C)[C@@H]2CC[C@@]1(C)[C@](O[Si](C)(C)C)(C(=O)C[C@@H](CC1CCCCC1)NC(=O)OCc1ccccc1)C2. The lowest BCUT2D eigenvalue weighted by Crippen LogP contribution is -2.59. The standard InChI is InChI=1S/C31H49NO4Si/c1-29(2)25-17-18-30(29,3)31(21-25,36-37(4,5)6)27(33)20-26(19-23-13-9-7-10-14-23)32-28(34)35-22-24-15-11-8-12-16-24/h8,11-12,15-16,23,25-26H,7,9-10,13-14,17-22H2,1-6H3,(H,32,34)/t25-,26-,30-,31-/m1/s1. The minimum atomic E-state index is -2.01. The van der Waals surface area contributed by atoms with Crippen LogP contribution in [0.3, 0.4) is 0 Å². The lowest BCUT2D eigenvalue weighted by atomic mass is 9.62. The Bertz CT molecular complexity index is 952. The zero-order valence-corrected chi connectivity index (χ0v) is 25.0. The second kappa shape index (κ2) is 10.8. The van der Waals surface area contributed by atoms with Crippen molar-refractivity contribution in [3.8, 4) is 0 Å². The number of Topliss-reactive ketones (excluding diaryl/α,β-unsaturated/α-hetero) is 1. The predicted molar refractivity (Wildman–Crippen MR) is 151 cm³/mol. The Hall–Kier alpha value is -1.66. The van der Waals surface area contributed by atoms with E-state index in [1.54, 1.807) is 0 Å². The number of rotatable bonds is 10. The molecule has 0 radical (unpaired) electrons. The summed E-state index contributed by atoms with van der Waals surface area (Å²) in [6.45, 7) is 13.8. The van der Waals surface area contributed by atoms with E-state index in [2.05, 4.69) is 45.7 Å². The topological polar surface area (TPSA) is 64.6 Å². The van der Waals surface area contributed by atoms with Crippen molar-refractivity contribution in [3.63, 3.8) is 0 Å². The van der Waals surface area contributed by atoms with E-state index < -0.39 is 20.0 Å². The van der Waals surface area contributed by atoms with Crippen molar-refractivity contribution >= 4 is 20.2 Å². The predicted octanol–water partition coefficient (Wildman–Crippen LogP) is 7.65. The highest BCUT2D eigenvalue weighted by Gasteiger charge is 2.72. The smallest absolute Gasteiger partial charge is 0.407 e. The molecule has 0 unspecified atom stereocenters. The molecule has 1 amide bonds. The Morgan fingerprint density at radius 3 is 2.27 bits per heavy atom. The fourth-order valence-electron chi connectivity index (χ4n) is 7.74. The number of nitrogens with one attached hydrogen (secondary N) is 1. The monoisotopic (exact) mass is 527 g/mol. The molecule has 4 rings (SSSR count). The Kier molecular flexibility index (Phi) is 8.30. The van der Waals surface area contributed by atoms with Gasteiger partial charge < -0.3 is 14.5 Å². The molecule has 0 heterocycles. The lowest BCUT2D eigenvalue weighted by Gasteiger charge is -2.50. The molecule has 0 saturated heterocycles. The molecule has 1 N–H and O–H groups in total. The second-order valence-electron chi connectivity index (χ2n) is 13.8. The average molecular weight is 528 g/mol. The maximum absolute atomic E-state index is 14.4. The van der Waals surface area contributed by atoms with Crippen LogP contribution in [-0.4, -0.2) is 31.8 Å². The number of carbonyl (C=O) groups excluding carboxylic acids is 2. The van der Waals surface area contributed by atoms with Crippen molar-refractivity contribution in [1.29, 1.82) is 0 Å². The van der Waals surface area contributed by atoms with Gasteiger partial charge >= 0.3 is 6.09 Å². The van der Waals surface area contributed by atoms with Crippen molar-refractivity contribution < 1.29 is 18.8 Å². The van der Waals surface area contributed by atoms with E-state index >= 15 is 0 Å². The van der Waals surface area contributed by atoms with E-state index in [0.29, 0.717) is 18.3 Å². The quantitative estimate of drug-likeness (QED) is 0.317. The number of amides is 1. The largest absolute Gasteiger partial charge is 0.445 e. The van der Waals surface area contributed by atoms with Crippen molar-refractivity contribution in [2.75, 3.05) is 0 Å². The van der Waals surface area contributed by atoms with Crippen LogP contribution in [0.4, 0.5) is 4.79 Å². The Balaban J connectivity index is 1.53. The van der Waals surface area contributed by atoms with Gasteiger partial charge in [-0.05, 0) is 68.1 Å². The van der Waals surface area contributed by atoms with Crippen molar-refractivity contribution in [2.45, 2.75) is 123 Å². The number of ether oxygens (including phenoxy) is 1. The summed E-state index contributed by atoms with van der Waals surface area (Å²) < 4.78 is 12.5. The highest BCUT2D eigenvalue weighted by molar-refractivity contribution is 6.70. The molecule has 1 aromatic rings. The number of benzene rings is 1. The van der Waals surface area contributed by atoms with E-state index in [1.807, 2.05) is 30.3 Å². The van der Waals surface area contributed by atoms with Gasteiger partial charge in [-0.25, -0.2) is 4.79 Å². The fraction of sp³-hybridized carbons (Fsp3) is 0.742. The molecule has 3 aliphatic rings. The summed E-state index contributed by atoms with van der Waals surface area (Å²) >= 11 is 0. The van der Waals surface area contributed by atoms with Gasteiger partial charge in [0.25, 0.3) is 0 Å². The minimum absolute atomic E-state index is 0.0587. The number of carbonyl (C=O) groups is 2. The normalized spacial score (nSPS) is 30.2. The Morgan fingerprint density at radius 1 is 1.03 bits per heavy atom. The lowest BCUT2D eigenvalue weighted by molar-refractivity contribution is -0.152. The van der Waals surface area contributed by atoms with Gasteiger partial charge in [0.2, 0.25) is 0 Å². The van der Waals surface area contributed by atoms with Gasteiger partial charge in [0, 0.05) is 17.9 Å². The van der Waals surface area contributed by atoms with Crippen LogP contribution in [0.15, 0.2) is 30.3 Å². The molecule has 3 saturated carbocycles. The fourth-order valence-corrected chi connectivity index (χ4v) is 9.21. The third-order valence-corrected chi connectivity index (χ3v) is 11.1. The first-order chi connectivity index (χ1) is 17.4. The third-order valence-electron chi connectivity index (χ3n) is 10.1. The number of alkyl carbamates (subject to hydrolysis) is 1. The molecular weight excluding hydrogens is 478 g/mol. The van der Waals surface area contributed by atoms with E-state index in [-0.39, 0.29) is 29.3 Å². The van der Waals surface area contributed by atoms with Crippen LogP contribution in [0.25, 0.3) is 0 Å². The number of hydrogen-bond acceptors (Lipinski definition) is 4. The van der Waals surface area contributed by atoms with Crippen LogP contribution in [0.2, 0.25) is 19.6 Å². The molecule has 0 aliphatic heterocycles. The molecule has 206 valence electrons. The van der Waals surface area contributed by atoms with Crippen LogP contribution in [0.5, 0.6) is 0 Å². The molecule has 3 fully saturated rings. The molecule has 1 aromatic carbocycles. The highest BCUT2D eigenvalue weighted by Crippen LogP contribution is 2.71. The number of fused-ring (bicyclic) bond motifs is 2. The summed E-state index contributed by atoms with van der Waals surface area (Å²) in [5.41, 5.74) is 0.0656. The van der Waals surface area contributed by atoms with Gasteiger partial charge in [-0.15, -0.1) is 0 Å². The van der Waals surface area contributed by atoms with Gasteiger partial charge in [-0.1, -0.05) is 83.2 Å².